The maximum Gasteiger partial charge on any atom is 0.355 e. The number of aryl methyl sites for hydroxylation is 1. The summed E-state index contributed by atoms with van der Waals surface area (Å²) in [6.07, 6.45) is 1.65. The summed E-state index contributed by atoms with van der Waals surface area (Å²) in [5.41, 5.74) is 2.44. The number of nitrogens with one attached hydrogen (secondary N) is 1. The summed E-state index contributed by atoms with van der Waals surface area (Å²) in [7, 11) is 0. The van der Waals surface area contributed by atoms with Gasteiger partial charge in [0.1, 0.15) is 5.69 Å². The van der Waals surface area contributed by atoms with Crippen molar-refractivity contribution in [3.63, 3.8) is 0 Å². The lowest BCUT2D eigenvalue weighted by Gasteiger charge is -2.28. The van der Waals surface area contributed by atoms with Crippen LogP contribution >= 0.6 is 11.3 Å². The Morgan fingerprint density at radius 2 is 1.97 bits per heavy atom. The third-order valence-corrected chi connectivity index (χ3v) is 5.92. The van der Waals surface area contributed by atoms with Gasteiger partial charge in [-0.2, -0.15) is 0 Å². The first-order chi connectivity index (χ1) is 14.8. The molecule has 162 valence electrons. The Kier molecular flexibility index (Phi) is 7.02. The fourth-order valence-corrected chi connectivity index (χ4v) is 4.15. The number of carbonyl (C=O) groups is 3. The van der Waals surface area contributed by atoms with Crippen LogP contribution in [0.5, 0.6) is 0 Å². The van der Waals surface area contributed by atoms with Crippen LogP contribution in [0.15, 0.2) is 41.9 Å². The summed E-state index contributed by atoms with van der Waals surface area (Å²) in [6.45, 7) is 7.30. The van der Waals surface area contributed by atoms with Crippen molar-refractivity contribution in [3.05, 3.63) is 75.0 Å². The number of esters is 1. The van der Waals surface area contributed by atoms with Crippen LogP contribution in [0.25, 0.3) is 0 Å². The lowest BCUT2D eigenvalue weighted by molar-refractivity contribution is 0.0518. The third kappa shape index (κ3) is 4.74. The molecule has 0 aliphatic heterocycles. The lowest BCUT2D eigenvalue weighted by atomic mass is 9.99. The van der Waals surface area contributed by atoms with Crippen molar-refractivity contribution in [2.75, 3.05) is 6.61 Å². The van der Waals surface area contributed by atoms with Gasteiger partial charge < -0.3 is 14.6 Å². The number of ketones is 1. The van der Waals surface area contributed by atoms with Crippen LogP contribution < -0.4 is 0 Å². The number of ether oxygens (including phenoxy) is 1. The summed E-state index contributed by atoms with van der Waals surface area (Å²) in [5.74, 6) is -0.990. The number of Topliss-reactive ketones (excluding diaryl/α,β-unsaturated/α-hetero) is 1. The summed E-state index contributed by atoms with van der Waals surface area (Å²) >= 11 is 1.32. The van der Waals surface area contributed by atoms with Gasteiger partial charge in [-0.1, -0.05) is 12.1 Å². The second-order valence-corrected chi connectivity index (χ2v) is 8.06. The Morgan fingerprint density at radius 1 is 1.19 bits per heavy atom. The van der Waals surface area contributed by atoms with Gasteiger partial charge in [0.15, 0.2) is 5.78 Å². The van der Waals surface area contributed by atoms with Gasteiger partial charge in [-0.3, -0.25) is 14.6 Å². The summed E-state index contributed by atoms with van der Waals surface area (Å²) < 4.78 is 5.08. The quantitative estimate of drug-likeness (QED) is 0.420. The smallest absolute Gasteiger partial charge is 0.355 e. The fourth-order valence-electron chi connectivity index (χ4n) is 3.47. The highest BCUT2D eigenvalue weighted by Crippen LogP contribution is 2.24. The second-order valence-electron chi connectivity index (χ2n) is 7.12. The van der Waals surface area contributed by atoms with E-state index >= 15 is 0 Å². The number of rotatable bonds is 8. The zero-order chi connectivity index (χ0) is 22.5. The monoisotopic (exact) mass is 439 g/mol. The number of hydrogen-bond acceptors (Lipinski definition) is 6. The number of thiophene rings is 1. The van der Waals surface area contributed by atoms with Crippen LogP contribution in [0, 0.1) is 13.8 Å². The molecule has 8 heteroatoms. The van der Waals surface area contributed by atoms with E-state index in [1.54, 1.807) is 52.1 Å². The maximum absolute atomic E-state index is 13.5. The average Bonchev–Trinajstić information content (AvgIpc) is 3.40. The van der Waals surface area contributed by atoms with E-state index in [-0.39, 0.29) is 30.5 Å². The normalized spacial score (nSPS) is 11.7. The minimum Gasteiger partial charge on any atom is -0.461 e. The Morgan fingerprint density at radius 3 is 2.58 bits per heavy atom. The van der Waals surface area contributed by atoms with Crippen LogP contribution in [0.2, 0.25) is 0 Å². The molecule has 0 saturated carbocycles. The molecule has 0 aromatic carbocycles. The largest absolute Gasteiger partial charge is 0.461 e. The minimum absolute atomic E-state index is 0.192. The Balaban J connectivity index is 1.95. The van der Waals surface area contributed by atoms with Crippen molar-refractivity contribution in [3.8, 4) is 0 Å². The molecule has 0 bridgehead atoms. The minimum atomic E-state index is -0.764. The van der Waals surface area contributed by atoms with Crippen LogP contribution in [0.3, 0.4) is 0 Å². The van der Waals surface area contributed by atoms with Gasteiger partial charge in [0.25, 0.3) is 5.91 Å². The Hall–Kier alpha value is -3.26. The molecule has 31 heavy (non-hydrogen) atoms. The molecule has 0 aliphatic rings. The number of nitrogens with zero attached hydrogens (tertiary/aromatic N) is 2. The molecule has 1 atom stereocenters. The SMILES string of the molecule is CCOC(=O)c1[nH]c(C)c(C(=O)[C@@H](C)N(Cc2ccccn2)C(=O)c2cccs2)c1C. The first kappa shape index (κ1) is 22.4. The van der Waals surface area contributed by atoms with E-state index in [2.05, 4.69) is 9.97 Å². The molecule has 0 spiro atoms. The lowest BCUT2D eigenvalue weighted by Crippen LogP contribution is -2.43. The molecule has 1 N–H and O–H groups in total. The van der Waals surface area contributed by atoms with Crippen LogP contribution in [0.1, 0.15) is 61.3 Å². The molecule has 0 radical (unpaired) electrons. The predicted octanol–water partition coefficient (Wildman–Crippen LogP) is 4.18. The van der Waals surface area contributed by atoms with E-state index < -0.39 is 12.0 Å². The first-order valence-electron chi connectivity index (χ1n) is 10.00. The van der Waals surface area contributed by atoms with Gasteiger partial charge in [0.2, 0.25) is 0 Å². The summed E-state index contributed by atoms with van der Waals surface area (Å²) in [4.78, 5) is 48.3. The van der Waals surface area contributed by atoms with Crippen molar-refractivity contribution in [1.82, 2.24) is 14.9 Å². The molecule has 7 nitrogen and oxygen atoms in total. The van der Waals surface area contributed by atoms with Gasteiger partial charge in [-0.15, -0.1) is 11.3 Å². The van der Waals surface area contributed by atoms with Gasteiger partial charge in [0.05, 0.1) is 29.8 Å². The topological polar surface area (TPSA) is 92.4 Å². The highest BCUT2D eigenvalue weighted by molar-refractivity contribution is 7.12. The van der Waals surface area contributed by atoms with Crippen molar-refractivity contribution in [2.45, 2.75) is 40.3 Å². The average molecular weight is 440 g/mol. The molecule has 0 unspecified atom stereocenters. The number of pyridine rings is 1. The standard InChI is InChI=1S/C23H25N3O4S/c1-5-30-23(29)20-14(2)19(15(3)25-20)21(27)16(4)26(13-17-9-6-7-11-24-17)22(28)18-10-8-12-31-18/h6-12,16,25H,5,13H2,1-4H3/t16-/m1/s1. The predicted molar refractivity (Wildman–Crippen MR) is 118 cm³/mol. The molecule has 0 fully saturated rings. The second kappa shape index (κ2) is 9.70. The summed E-state index contributed by atoms with van der Waals surface area (Å²) in [5, 5.41) is 1.82. The van der Waals surface area contributed by atoms with E-state index in [4.69, 9.17) is 4.74 Å². The Labute approximate surface area is 185 Å². The number of amides is 1. The van der Waals surface area contributed by atoms with Crippen molar-refractivity contribution in [1.29, 1.82) is 0 Å². The molecular formula is C23H25N3O4S. The van der Waals surface area contributed by atoms with Gasteiger partial charge >= 0.3 is 5.97 Å². The van der Waals surface area contributed by atoms with E-state index in [1.807, 2.05) is 17.5 Å². The van der Waals surface area contributed by atoms with Crippen molar-refractivity contribution in [2.24, 2.45) is 0 Å². The number of H-pyrrole nitrogens is 1. The molecular weight excluding hydrogens is 414 g/mol. The summed E-state index contributed by atoms with van der Waals surface area (Å²) in [6, 6.07) is 8.23. The number of aromatic amines is 1. The van der Waals surface area contributed by atoms with Crippen LogP contribution in [-0.4, -0.2) is 45.2 Å². The highest BCUT2D eigenvalue weighted by Gasteiger charge is 2.32. The van der Waals surface area contributed by atoms with Crippen molar-refractivity contribution >= 4 is 29.0 Å². The molecule has 1 amide bonds. The van der Waals surface area contributed by atoms with Gasteiger partial charge in [-0.05, 0) is 56.8 Å². The van der Waals surface area contributed by atoms with Gasteiger partial charge in [0, 0.05) is 17.5 Å². The maximum atomic E-state index is 13.5. The molecule has 0 saturated heterocycles. The highest BCUT2D eigenvalue weighted by atomic mass is 32.1. The molecule has 0 aliphatic carbocycles. The van der Waals surface area contributed by atoms with Crippen LogP contribution in [0.4, 0.5) is 0 Å². The van der Waals surface area contributed by atoms with Crippen molar-refractivity contribution < 1.29 is 19.1 Å². The number of aromatic nitrogens is 2. The molecule has 3 rings (SSSR count). The number of hydrogen-bond donors (Lipinski definition) is 1. The Bertz CT molecular complexity index is 1070. The molecule has 3 aromatic heterocycles. The van der Waals surface area contributed by atoms with E-state index in [9.17, 15) is 14.4 Å². The fraction of sp³-hybridized carbons (Fsp3) is 0.304. The first-order valence-corrected chi connectivity index (χ1v) is 10.9. The van der Waals surface area contributed by atoms with Gasteiger partial charge in [-0.25, -0.2) is 4.79 Å². The van der Waals surface area contributed by atoms with Crippen LogP contribution in [-0.2, 0) is 11.3 Å². The molecule has 3 heterocycles. The van der Waals surface area contributed by atoms with E-state index in [0.29, 0.717) is 27.4 Å². The number of carbonyl (C=O) groups excluding carboxylic acids is 3. The van der Waals surface area contributed by atoms with E-state index in [1.165, 1.54) is 16.2 Å². The molecule has 3 aromatic rings. The third-order valence-electron chi connectivity index (χ3n) is 5.06. The van der Waals surface area contributed by atoms with E-state index in [0.717, 1.165) is 0 Å². The zero-order valence-electron chi connectivity index (χ0n) is 18.0. The zero-order valence-corrected chi connectivity index (χ0v) is 18.8.